The van der Waals surface area contributed by atoms with Crippen molar-refractivity contribution in [1.29, 1.82) is 0 Å². The SMILES string of the molecule is COCCCCC[Si](C)([Si](C)(C)C)[Si](C)(C)C. The van der Waals surface area contributed by atoms with Crippen molar-refractivity contribution in [2.24, 2.45) is 0 Å². The van der Waals surface area contributed by atoms with Gasteiger partial charge in [-0.25, -0.2) is 0 Å². The lowest BCUT2D eigenvalue weighted by molar-refractivity contribution is 0.192. The monoisotopic (exact) mass is 290 g/mol. The van der Waals surface area contributed by atoms with Crippen LogP contribution < -0.4 is 0 Å². The largest absolute Gasteiger partial charge is 0.385 e. The molecule has 0 bridgehead atoms. The molecule has 0 spiro atoms. The third-order valence-corrected chi connectivity index (χ3v) is 47.7. The maximum Gasteiger partial charge on any atom is 0.0462 e. The highest BCUT2D eigenvalue weighted by molar-refractivity contribution is 7.68. The van der Waals surface area contributed by atoms with Gasteiger partial charge in [-0.3, -0.25) is 0 Å². The molecule has 4 heteroatoms. The van der Waals surface area contributed by atoms with Crippen LogP contribution in [0.5, 0.6) is 0 Å². The Morgan fingerprint density at radius 2 is 1.18 bits per heavy atom. The molecule has 0 heterocycles. The number of hydrogen-bond donors (Lipinski definition) is 0. The first-order chi connectivity index (χ1) is 7.56. The molecule has 0 aliphatic rings. The standard InChI is InChI=1S/C13H34OSi3/c1-14-12-10-9-11-13-17(8,15(2,3)4)16(5,6)7/h9-13H2,1-8H3. The van der Waals surface area contributed by atoms with Gasteiger partial charge in [0.2, 0.25) is 0 Å². The van der Waals surface area contributed by atoms with Gasteiger partial charge in [0.25, 0.3) is 0 Å². The minimum atomic E-state index is -0.976. The van der Waals surface area contributed by atoms with Gasteiger partial charge in [-0.1, -0.05) is 64.7 Å². The zero-order valence-electron chi connectivity index (χ0n) is 13.4. The smallest absolute Gasteiger partial charge is 0.0462 e. The van der Waals surface area contributed by atoms with Crippen LogP contribution in [0.4, 0.5) is 0 Å². The second-order valence-corrected chi connectivity index (χ2v) is 36.9. The summed E-state index contributed by atoms with van der Waals surface area (Å²) in [5.41, 5.74) is 0. The molecule has 104 valence electrons. The van der Waals surface area contributed by atoms with Gasteiger partial charge in [0.05, 0.1) is 0 Å². The number of methoxy groups -OCH3 is 1. The highest BCUT2D eigenvalue weighted by Crippen LogP contribution is 2.34. The average Bonchev–Trinajstić information content (AvgIpc) is 2.13. The first-order valence-corrected chi connectivity index (χ1v) is 18.8. The Morgan fingerprint density at radius 1 is 0.706 bits per heavy atom. The van der Waals surface area contributed by atoms with Crippen LogP contribution in [0.2, 0.25) is 51.9 Å². The first-order valence-electron chi connectivity index (χ1n) is 7.05. The van der Waals surface area contributed by atoms with Crippen molar-refractivity contribution in [3.05, 3.63) is 0 Å². The molecule has 0 aliphatic heterocycles. The Bertz CT molecular complexity index is 202. The number of unbranched alkanes of at least 4 members (excludes halogenated alkanes) is 2. The fourth-order valence-corrected chi connectivity index (χ4v) is 40.0. The second kappa shape index (κ2) is 6.68. The van der Waals surface area contributed by atoms with E-state index < -0.39 is 22.3 Å². The van der Waals surface area contributed by atoms with Gasteiger partial charge in [0.15, 0.2) is 0 Å². The molecule has 0 aromatic rings. The molecule has 1 nitrogen and oxygen atoms in total. The third-order valence-electron chi connectivity index (χ3n) is 4.84. The normalized spacial score (nSPS) is 14.1. The Balaban J connectivity index is 4.44. The van der Waals surface area contributed by atoms with Gasteiger partial charge < -0.3 is 4.74 Å². The summed E-state index contributed by atoms with van der Waals surface area (Å²) < 4.78 is 5.14. The van der Waals surface area contributed by atoms with E-state index in [4.69, 9.17) is 4.74 Å². The van der Waals surface area contributed by atoms with Gasteiger partial charge >= 0.3 is 0 Å². The molecule has 0 unspecified atom stereocenters. The summed E-state index contributed by atoms with van der Waals surface area (Å²) in [5, 5.41) is 0. The van der Waals surface area contributed by atoms with Crippen molar-refractivity contribution in [1.82, 2.24) is 0 Å². The molecular weight excluding hydrogens is 256 g/mol. The van der Waals surface area contributed by atoms with E-state index in [0.29, 0.717) is 0 Å². The predicted molar refractivity (Wildman–Crippen MR) is 88.8 cm³/mol. The van der Waals surface area contributed by atoms with Crippen LogP contribution in [0.25, 0.3) is 0 Å². The highest BCUT2D eigenvalue weighted by Gasteiger charge is 2.49. The quantitative estimate of drug-likeness (QED) is 0.464. The summed E-state index contributed by atoms with van der Waals surface area (Å²) in [5.74, 6) is 0. The van der Waals surface area contributed by atoms with Crippen molar-refractivity contribution < 1.29 is 4.74 Å². The first kappa shape index (κ1) is 17.6. The summed E-state index contributed by atoms with van der Waals surface area (Å²) in [6, 6.07) is 1.57. The van der Waals surface area contributed by atoms with Crippen molar-refractivity contribution in [2.75, 3.05) is 13.7 Å². The lowest BCUT2D eigenvalue weighted by Gasteiger charge is -2.48. The molecule has 0 rings (SSSR count). The average molecular weight is 291 g/mol. The van der Waals surface area contributed by atoms with E-state index in [1.165, 1.54) is 19.3 Å². The highest BCUT2D eigenvalue weighted by atomic mass is 29.6. The van der Waals surface area contributed by atoms with E-state index in [1.54, 1.807) is 6.04 Å². The summed E-state index contributed by atoms with van der Waals surface area (Å²) in [6.07, 6.45) is 4.06. The molecule has 0 aromatic heterocycles. The molecule has 0 N–H and O–H groups in total. The Kier molecular flexibility index (Phi) is 6.92. The lowest BCUT2D eigenvalue weighted by Crippen LogP contribution is -2.69. The maximum absolute atomic E-state index is 5.14. The lowest BCUT2D eigenvalue weighted by atomic mass is 10.3. The Morgan fingerprint density at radius 3 is 1.53 bits per heavy atom. The Hall–Kier alpha value is 0.611. The van der Waals surface area contributed by atoms with Crippen LogP contribution in [0.1, 0.15) is 19.3 Å². The van der Waals surface area contributed by atoms with Crippen LogP contribution in [0.3, 0.4) is 0 Å². The van der Waals surface area contributed by atoms with Crippen molar-refractivity contribution >= 4 is 22.3 Å². The van der Waals surface area contributed by atoms with Gasteiger partial charge in [0, 0.05) is 36.0 Å². The van der Waals surface area contributed by atoms with E-state index >= 15 is 0 Å². The molecule has 0 aromatic carbocycles. The molecule has 0 atom stereocenters. The zero-order chi connectivity index (χ0) is 13.7. The minimum absolute atomic E-state index is 0.943. The summed E-state index contributed by atoms with van der Waals surface area (Å²) in [7, 11) is -1.06. The Labute approximate surface area is 112 Å². The van der Waals surface area contributed by atoms with Crippen LogP contribution in [-0.2, 0) is 4.74 Å². The molecular formula is C13H34OSi3. The van der Waals surface area contributed by atoms with E-state index in [0.717, 1.165) is 6.61 Å². The van der Waals surface area contributed by atoms with E-state index in [9.17, 15) is 0 Å². The van der Waals surface area contributed by atoms with Crippen LogP contribution in [-0.4, -0.2) is 36.0 Å². The van der Waals surface area contributed by atoms with E-state index in [-0.39, 0.29) is 0 Å². The number of hydrogen-bond acceptors (Lipinski definition) is 1. The molecule has 0 saturated carbocycles. The van der Waals surface area contributed by atoms with Gasteiger partial charge in [-0.05, 0) is 6.42 Å². The van der Waals surface area contributed by atoms with Gasteiger partial charge in [-0.15, -0.1) is 0 Å². The van der Waals surface area contributed by atoms with Crippen LogP contribution >= 0.6 is 0 Å². The fraction of sp³-hybridized carbons (Fsp3) is 1.00. The number of ether oxygens (including phenoxy) is 1. The molecule has 0 radical (unpaired) electrons. The van der Waals surface area contributed by atoms with Crippen molar-refractivity contribution in [3.63, 3.8) is 0 Å². The van der Waals surface area contributed by atoms with Crippen molar-refractivity contribution in [3.8, 4) is 0 Å². The molecule has 0 amide bonds. The summed E-state index contributed by atoms with van der Waals surface area (Å²) in [6.45, 7) is 19.4. The second-order valence-electron chi connectivity index (χ2n) is 7.64. The fourth-order valence-electron chi connectivity index (χ4n) is 2.78. The summed E-state index contributed by atoms with van der Waals surface area (Å²) in [4.78, 5) is 0. The topological polar surface area (TPSA) is 9.23 Å². The zero-order valence-corrected chi connectivity index (χ0v) is 16.4. The van der Waals surface area contributed by atoms with Crippen molar-refractivity contribution in [2.45, 2.75) is 71.1 Å². The molecule has 17 heavy (non-hydrogen) atoms. The summed E-state index contributed by atoms with van der Waals surface area (Å²) >= 11 is 0. The van der Waals surface area contributed by atoms with E-state index in [2.05, 4.69) is 45.8 Å². The van der Waals surface area contributed by atoms with Gasteiger partial charge in [-0.2, -0.15) is 0 Å². The maximum atomic E-state index is 5.14. The molecule has 0 aliphatic carbocycles. The van der Waals surface area contributed by atoms with Crippen LogP contribution in [0.15, 0.2) is 0 Å². The van der Waals surface area contributed by atoms with Gasteiger partial charge in [0.1, 0.15) is 0 Å². The molecule has 0 saturated heterocycles. The van der Waals surface area contributed by atoms with Crippen LogP contribution in [0, 0.1) is 0 Å². The third kappa shape index (κ3) is 5.01. The predicted octanol–water partition coefficient (Wildman–Crippen LogP) is 4.71. The van der Waals surface area contributed by atoms with E-state index in [1.807, 2.05) is 7.11 Å². The molecule has 0 fully saturated rings. The minimum Gasteiger partial charge on any atom is -0.385 e. The number of rotatable bonds is 8.